The van der Waals surface area contributed by atoms with Crippen molar-refractivity contribution in [3.05, 3.63) is 11.1 Å². The monoisotopic (exact) mass is 140 g/mol. The number of nitrogens with two attached hydrogens (primary N) is 2. The van der Waals surface area contributed by atoms with E-state index in [1.807, 2.05) is 0 Å². The van der Waals surface area contributed by atoms with Gasteiger partial charge in [-0.05, 0) is 0 Å². The van der Waals surface area contributed by atoms with Crippen molar-refractivity contribution in [3.8, 4) is 0 Å². The second-order valence-corrected chi connectivity index (χ2v) is 2.28. The molecule has 4 nitrogen and oxygen atoms in total. The predicted octanol–water partition coefficient (Wildman–Crippen LogP) is -1.10. The van der Waals surface area contributed by atoms with Crippen molar-refractivity contribution in [3.63, 3.8) is 0 Å². The molecule has 0 saturated heterocycles. The maximum absolute atomic E-state index is 10.4. The van der Waals surface area contributed by atoms with Gasteiger partial charge < -0.3 is 11.5 Å². The lowest BCUT2D eigenvalue weighted by Crippen LogP contribution is -2.10. The zero-order valence-corrected chi connectivity index (χ0v) is 5.55. The Hall–Kier alpha value is -1.32. The van der Waals surface area contributed by atoms with Crippen LogP contribution in [-0.4, -0.2) is 11.8 Å². The molecule has 0 fully saturated rings. The summed E-state index contributed by atoms with van der Waals surface area (Å²) >= 11 is 0. The Morgan fingerprint density at radius 1 is 1.20 bits per heavy atom. The zero-order valence-electron chi connectivity index (χ0n) is 5.55. The lowest BCUT2D eigenvalue weighted by atomic mass is 10.3. The van der Waals surface area contributed by atoms with Crippen LogP contribution in [0, 0.1) is 5.92 Å². The van der Waals surface area contributed by atoms with Crippen LogP contribution in [0.2, 0.25) is 0 Å². The van der Waals surface area contributed by atoms with Crippen LogP contribution in [0.3, 0.4) is 0 Å². The van der Waals surface area contributed by atoms with Gasteiger partial charge in [0.15, 0.2) is 0 Å². The molecule has 10 heavy (non-hydrogen) atoms. The molecule has 1 rings (SSSR count). The maximum atomic E-state index is 10.4. The molecule has 0 aromatic heterocycles. The van der Waals surface area contributed by atoms with Crippen LogP contribution in [0.25, 0.3) is 0 Å². The summed E-state index contributed by atoms with van der Waals surface area (Å²) in [6.07, 6.45) is 0. The van der Waals surface area contributed by atoms with E-state index in [0.717, 1.165) is 0 Å². The molecule has 0 spiro atoms. The van der Waals surface area contributed by atoms with Gasteiger partial charge in [-0.1, -0.05) is 6.92 Å². The standard InChI is InChI=1S/C6H8N2O2/c1-2-3(5(7)9)4(2)6(8)10/h2H,1H3,(H2,7,9)(H2,8,10). The van der Waals surface area contributed by atoms with Crippen molar-refractivity contribution in [2.45, 2.75) is 6.92 Å². The number of amides is 2. The first-order valence-electron chi connectivity index (χ1n) is 2.89. The summed E-state index contributed by atoms with van der Waals surface area (Å²) in [5.74, 6) is -1.20. The highest BCUT2D eigenvalue weighted by molar-refractivity contribution is 6.12. The molecule has 0 radical (unpaired) electrons. The van der Waals surface area contributed by atoms with Crippen LogP contribution in [0.1, 0.15) is 6.92 Å². The van der Waals surface area contributed by atoms with Crippen LogP contribution in [0.15, 0.2) is 11.1 Å². The fourth-order valence-electron chi connectivity index (χ4n) is 1.03. The van der Waals surface area contributed by atoms with Crippen LogP contribution in [-0.2, 0) is 9.59 Å². The Bertz CT molecular complexity index is 218. The van der Waals surface area contributed by atoms with E-state index in [4.69, 9.17) is 11.5 Å². The summed E-state index contributed by atoms with van der Waals surface area (Å²) in [7, 11) is 0. The van der Waals surface area contributed by atoms with Gasteiger partial charge in [-0.15, -0.1) is 0 Å². The highest BCUT2D eigenvalue weighted by Gasteiger charge is 2.39. The van der Waals surface area contributed by atoms with Gasteiger partial charge in [0, 0.05) is 17.1 Å². The number of carbonyl (C=O) groups is 2. The maximum Gasteiger partial charge on any atom is 0.245 e. The third-order valence-corrected chi connectivity index (χ3v) is 1.60. The molecule has 0 bridgehead atoms. The van der Waals surface area contributed by atoms with Crippen molar-refractivity contribution < 1.29 is 9.59 Å². The molecule has 0 aliphatic heterocycles. The Morgan fingerprint density at radius 3 is 1.60 bits per heavy atom. The van der Waals surface area contributed by atoms with E-state index in [-0.39, 0.29) is 5.92 Å². The molecule has 54 valence electrons. The van der Waals surface area contributed by atoms with E-state index >= 15 is 0 Å². The predicted molar refractivity (Wildman–Crippen MR) is 34.6 cm³/mol. The molecule has 2 amide bonds. The van der Waals surface area contributed by atoms with Crippen molar-refractivity contribution >= 4 is 11.8 Å². The minimum Gasteiger partial charge on any atom is -0.366 e. The van der Waals surface area contributed by atoms with Crippen LogP contribution in [0.4, 0.5) is 0 Å². The Balaban J connectivity index is 2.81. The van der Waals surface area contributed by atoms with Gasteiger partial charge >= 0.3 is 0 Å². The largest absolute Gasteiger partial charge is 0.366 e. The van der Waals surface area contributed by atoms with Gasteiger partial charge in [-0.3, -0.25) is 9.59 Å². The molecule has 0 aromatic carbocycles. The topological polar surface area (TPSA) is 86.2 Å². The molecule has 0 aromatic rings. The molecule has 1 aliphatic rings. The summed E-state index contributed by atoms with van der Waals surface area (Å²) in [6.45, 7) is 1.72. The molecule has 0 atom stereocenters. The number of rotatable bonds is 2. The second-order valence-electron chi connectivity index (χ2n) is 2.28. The number of hydrogen-bond donors (Lipinski definition) is 2. The van der Waals surface area contributed by atoms with Crippen LogP contribution in [0.5, 0.6) is 0 Å². The van der Waals surface area contributed by atoms with Crippen LogP contribution < -0.4 is 11.5 Å². The van der Waals surface area contributed by atoms with Crippen molar-refractivity contribution in [2.24, 2.45) is 17.4 Å². The zero-order chi connectivity index (χ0) is 7.89. The van der Waals surface area contributed by atoms with Gasteiger partial charge in [0.1, 0.15) is 0 Å². The number of carbonyl (C=O) groups excluding carboxylic acids is 2. The van der Waals surface area contributed by atoms with E-state index < -0.39 is 11.8 Å². The Morgan fingerprint density at radius 2 is 1.50 bits per heavy atom. The van der Waals surface area contributed by atoms with E-state index in [2.05, 4.69) is 0 Å². The fourth-order valence-corrected chi connectivity index (χ4v) is 1.03. The summed E-state index contributed by atoms with van der Waals surface area (Å²) < 4.78 is 0. The molecule has 0 unspecified atom stereocenters. The summed E-state index contributed by atoms with van der Waals surface area (Å²) in [6, 6.07) is 0. The van der Waals surface area contributed by atoms with Crippen molar-refractivity contribution in [2.75, 3.05) is 0 Å². The molecule has 0 heterocycles. The highest BCUT2D eigenvalue weighted by Crippen LogP contribution is 2.37. The van der Waals surface area contributed by atoms with Gasteiger partial charge in [-0.25, -0.2) is 0 Å². The quantitative estimate of drug-likeness (QED) is 0.510. The van der Waals surface area contributed by atoms with Gasteiger partial charge in [0.25, 0.3) is 0 Å². The highest BCUT2D eigenvalue weighted by atomic mass is 16.2. The van der Waals surface area contributed by atoms with Crippen molar-refractivity contribution in [1.29, 1.82) is 0 Å². The molecule has 4 N–H and O–H groups in total. The molecular formula is C6H8N2O2. The number of hydrogen-bond acceptors (Lipinski definition) is 2. The lowest BCUT2D eigenvalue weighted by Gasteiger charge is -1.81. The normalized spacial score (nSPS) is 17.3. The first-order valence-corrected chi connectivity index (χ1v) is 2.89. The van der Waals surface area contributed by atoms with Gasteiger partial charge in [-0.2, -0.15) is 0 Å². The minimum atomic E-state index is -0.540. The van der Waals surface area contributed by atoms with Crippen molar-refractivity contribution in [1.82, 2.24) is 0 Å². The molecular weight excluding hydrogens is 132 g/mol. The minimum absolute atomic E-state index is 0.116. The average Bonchev–Trinajstić information content (AvgIpc) is 2.40. The summed E-state index contributed by atoms with van der Waals surface area (Å²) in [5.41, 5.74) is 10.6. The van der Waals surface area contributed by atoms with Gasteiger partial charge in [0.2, 0.25) is 11.8 Å². The first kappa shape index (κ1) is 6.80. The third-order valence-electron chi connectivity index (χ3n) is 1.60. The average molecular weight is 140 g/mol. The van der Waals surface area contributed by atoms with Gasteiger partial charge in [0.05, 0.1) is 0 Å². The third kappa shape index (κ3) is 0.775. The SMILES string of the molecule is CC1C(C(N)=O)=C1C(N)=O. The van der Waals surface area contributed by atoms with E-state index in [1.165, 1.54) is 0 Å². The lowest BCUT2D eigenvalue weighted by molar-refractivity contribution is -0.115. The smallest absolute Gasteiger partial charge is 0.245 e. The summed E-state index contributed by atoms with van der Waals surface area (Å²) in [5, 5.41) is 0. The number of primary amides is 2. The Kier molecular flexibility index (Phi) is 1.24. The molecule has 4 heteroatoms. The van der Waals surface area contributed by atoms with E-state index in [1.54, 1.807) is 6.92 Å². The Labute approximate surface area is 57.9 Å². The first-order chi connectivity index (χ1) is 4.55. The molecule has 0 saturated carbocycles. The fraction of sp³-hybridized carbons (Fsp3) is 0.333. The second kappa shape index (κ2) is 1.83. The van der Waals surface area contributed by atoms with Crippen LogP contribution >= 0.6 is 0 Å². The van der Waals surface area contributed by atoms with E-state index in [0.29, 0.717) is 11.1 Å². The summed E-state index contributed by atoms with van der Waals surface area (Å²) in [4.78, 5) is 20.9. The molecule has 1 aliphatic carbocycles. The van der Waals surface area contributed by atoms with E-state index in [9.17, 15) is 9.59 Å².